The van der Waals surface area contributed by atoms with Gasteiger partial charge in [-0.05, 0) is 34.5 Å². The second-order valence-corrected chi connectivity index (χ2v) is 6.29. The number of benzene rings is 1. The molecule has 0 spiro atoms. The summed E-state index contributed by atoms with van der Waals surface area (Å²) in [7, 11) is 0. The summed E-state index contributed by atoms with van der Waals surface area (Å²) in [6.45, 7) is 5.66. The molecule has 1 amide bonds. The van der Waals surface area contributed by atoms with Crippen molar-refractivity contribution in [1.29, 1.82) is 0 Å². The van der Waals surface area contributed by atoms with Crippen molar-refractivity contribution in [2.45, 2.75) is 6.92 Å². The summed E-state index contributed by atoms with van der Waals surface area (Å²) in [5.74, 6) is 0.0792. The van der Waals surface area contributed by atoms with Crippen molar-refractivity contribution in [2.75, 3.05) is 32.7 Å². The van der Waals surface area contributed by atoms with Gasteiger partial charge < -0.3 is 10.6 Å². The largest absolute Gasteiger partial charge is 0.392 e. The van der Waals surface area contributed by atoms with Crippen molar-refractivity contribution in [1.82, 2.24) is 9.80 Å². The number of halogens is 1. The number of nitrogens with zero attached hydrogens (tertiary/aromatic N) is 2. The Morgan fingerprint density at radius 2 is 2.00 bits per heavy atom. The Morgan fingerprint density at radius 1 is 1.35 bits per heavy atom. The number of thiocarbonyl (C=S) groups is 1. The van der Waals surface area contributed by atoms with E-state index in [0.29, 0.717) is 24.6 Å². The minimum absolute atomic E-state index is 0.0792. The maximum absolute atomic E-state index is 12.5. The van der Waals surface area contributed by atoms with Crippen LogP contribution in [0.5, 0.6) is 0 Å². The molecule has 1 aromatic carbocycles. The van der Waals surface area contributed by atoms with E-state index in [4.69, 9.17) is 18.0 Å². The fourth-order valence-electron chi connectivity index (χ4n) is 2.31. The van der Waals surface area contributed by atoms with E-state index in [9.17, 15) is 4.79 Å². The predicted octanol–water partition coefficient (Wildman–Crippen LogP) is 1.80. The van der Waals surface area contributed by atoms with Gasteiger partial charge in [-0.1, -0.05) is 24.4 Å². The van der Waals surface area contributed by atoms with Gasteiger partial charge in [0.15, 0.2) is 0 Å². The molecule has 6 heteroatoms. The van der Waals surface area contributed by atoms with Crippen LogP contribution in [0.2, 0.25) is 0 Å². The number of amides is 1. The lowest BCUT2D eigenvalue weighted by Crippen LogP contribution is -2.50. The number of aryl methyl sites for hydroxylation is 1. The molecule has 1 aliphatic rings. The molecule has 2 rings (SSSR count). The third-order valence-electron chi connectivity index (χ3n) is 3.46. The highest BCUT2D eigenvalue weighted by atomic mass is 79.9. The van der Waals surface area contributed by atoms with Gasteiger partial charge in [-0.15, -0.1) is 0 Å². The van der Waals surface area contributed by atoms with Gasteiger partial charge in [0, 0.05) is 37.2 Å². The van der Waals surface area contributed by atoms with E-state index in [0.717, 1.165) is 28.7 Å². The lowest BCUT2D eigenvalue weighted by atomic mass is 10.1. The van der Waals surface area contributed by atoms with Gasteiger partial charge in [0.05, 0.1) is 10.6 Å². The zero-order chi connectivity index (χ0) is 14.7. The molecule has 0 saturated carbocycles. The van der Waals surface area contributed by atoms with E-state index >= 15 is 0 Å². The van der Waals surface area contributed by atoms with Crippen molar-refractivity contribution in [3.63, 3.8) is 0 Å². The summed E-state index contributed by atoms with van der Waals surface area (Å²) < 4.78 is 0.885. The summed E-state index contributed by atoms with van der Waals surface area (Å²) >= 11 is 8.42. The van der Waals surface area contributed by atoms with Crippen LogP contribution in [0.25, 0.3) is 0 Å². The molecule has 108 valence electrons. The molecule has 1 aromatic rings. The molecule has 4 nitrogen and oxygen atoms in total. The Morgan fingerprint density at radius 3 is 2.60 bits per heavy atom. The minimum atomic E-state index is 0.0792. The van der Waals surface area contributed by atoms with E-state index < -0.39 is 0 Å². The first-order chi connectivity index (χ1) is 9.49. The summed E-state index contributed by atoms with van der Waals surface area (Å²) in [6, 6.07) is 5.76. The zero-order valence-electron chi connectivity index (χ0n) is 11.4. The fraction of sp³-hybridized carbons (Fsp3) is 0.429. The Balaban J connectivity index is 2.02. The van der Waals surface area contributed by atoms with Crippen LogP contribution in [-0.4, -0.2) is 53.4 Å². The maximum atomic E-state index is 12.5. The molecule has 0 atom stereocenters. The van der Waals surface area contributed by atoms with Crippen LogP contribution in [0, 0.1) is 6.92 Å². The molecular weight excluding hydrogens is 338 g/mol. The summed E-state index contributed by atoms with van der Waals surface area (Å²) in [6.07, 6.45) is 0. The van der Waals surface area contributed by atoms with Gasteiger partial charge in [-0.25, -0.2) is 0 Å². The van der Waals surface area contributed by atoms with Crippen LogP contribution in [0.1, 0.15) is 15.9 Å². The first kappa shape index (κ1) is 15.4. The smallest absolute Gasteiger partial charge is 0.255 e. The molecule has 2 N–H and O–H groups in total. The van der Waals surface area contributed by atoms with Crippen LogP contribution in [0.3, 0.4) is 0 Å². The first-order valence-electron chi connectivity index (χ1n) is 6.54. The van der Waals surface area contributed by atoms with E-state index in [1.54, 1.807) is 0 Å². The average molecular weight is 356 g/mol. The van der Waals surface area contributed by atoms with Gasteiger partial charge in [-0.2, -0.15) is 0 Å². The monoisotopic (exact) mass is 355 g/mol. The molecule has 20 heavy (non-hydrogen) atoms. The highest BCUT2D eigenvalue weighted by Crippen LogP contribution is 2.22. The molecule has 1 aliphatic heterocycles. The van der Waals surface area contributed by atoms with Crippen LogP contribution in [0.4, 0.5) is 0 Å². The number of hydrogen-bond donors (Lipinski definition) is 1. The van der Waals surface area contributed by atoms with Crippen LogP contribution in [0.15, 0.2) is 22.7 Å². The number of rotatable bonds is 3. The van der Waals surface area contributed by atoms with Crippen molar-refractivity contribution >= 4 is 39.0 Å². The van der Waals surface area contributed by atoms with Crippen molar-refractivity contribution < 1.29 is 4.79 Å². The first-order valence-corrected chi connectivity index (χ1v) is 7.74. The third kappa shape index (κ3) is 3.56. The third-order valence-corrected chi connectivity index (χ3v) is 4.64. The lowest BCUT2D eigenvalue weighted by molar-refractivity contribution is 0.0653. The fourth-order valence-corrected chi connectivity index (χ4v) is 2.93. The molecule has 0 radical (unpaired) electrons. The van der Waals surface area contributed by atoms with E-state index in [1.807, 2.05) is 30.0 Å². The standard InChI is InChI=1S/C14H18BrN3OS/c1-10-3-2-4-11(13(10)15)14(19)18-7-5-17(6-8-18)9-12(16)20/h2-4H,5-9H2,1H3,(H2,16,20). The Hall–Kier alpha value is -0.980. The van der Waals surface area contributed by atoms with Crippen LogP contribution in [-0.2, 0) is 0 Å². The molecule has 0 bridgehead atoms. The zero-order valence-corrected chi connectivity index (χ0v) is 13.8. The molecule has 1 fully saturated rings. The molecule has 0 unspecified atom stereocenters. The Labute approximate surface area is 133 Å². The number of hydrogen-bond acceptors (Lipinski definition) is 3. The van der Waals surface area contributed by atoms with Gasteiger partial charge in [0.1, 0.15) is 0 Å². The lowest BCUT2D eigenvalue weighted by Gasteiger charge is -2.34. The van der Waals surface area contributed by atoms with Crippen molar-refractivity contribution in [2.24, 2.45) is 5.73 Å². The van der Waals surface area contributed by atoms with Crippen LogP contribution < -0.4 is 5.73 Å². The molecule has 1 heterocycles. The minimum Gasteiger partial charge on any atom is -0.392 e. The topological polar surface area (TPSA) is 49.6 Å². The Bertz CT molecular complexity index is 527. The highest BCUT2D eigenvalue weighted by molar-refractivity contribution is 9.10. The quantitative estimate of drug-likeness (QED) is 0.840. The van der Waals surface area contributed by atoms with Gasteiger partial charge in [-0.3, -0.25) is 9.69 Å². The van der Waals surface area contributed by atoms with Crippen molar-refractivity contribution in [3.05, 3.63) is 33.8 Å². The van der Waals surface area contributed by atoms with Gasteiger partial charge >= 0.3 is 0 Å². The summed E-state index contributed by atoms with van der Waals surface area (Å²) in [4.78, 5) is 17.1. The average Bonchev–Trinajstić information content (AvgIpc) is 2.41. The predicted molar refractivity (Wildman–Crippen MR) is 88.0 cm³/mol. The number of carbonyl (C=O) groups is 1. The van der Waals surface area contributed by atoms with Gasteiger partial charge in [0.2, 0.25) is 0 Å². The van der Waals surface area contributed by atoms with E-state index in [1.165, 1.54) is 0 Å². The summed E-state index contributed by atoms with van der Waals surface area (Å²) in [5, 5.41) is 0. The number of nitrogens with two attached hydrogens (primary N) is 1. The molecule has 0 aliphatic carbocycles. The van der Waals surface area contributed by atoms with Gasteiger partial charge in [0.25, 0.3) is 5.91 Å². The maximum Gasteiger partial charge on any atom is 0.255 e. The molecular formula is C14H18BrN3OS. The second-order valence-electron chi connectivity index (χ2n) is 4.97. The number of carbonyl (C=O) groups excluding carboxylic acids is 1. The molecule has 1 saturated heterocycles. The second kappa shape index (κ2) is 6.65. The van der Waals surface area contributed by atoms with Crippen LogP contribution >= 0.6 is 28.1 Å². The SMILES string of the molecule is Cc1cccc(C(=O)N2CCN(CC(N)=S)CC2)c1Br. The summed E-state index contributed by atoms with van der Waals surface area (Å²) in [5.41, 5.74) is 7.35. The normalized spacial score (nSPS) is 16.2. The molecule has 0 aromatic heterocycles. The number of piperazine rings is 1. The van der Waals surface area contributed by atoms with E-state index in [-0.39, 0.29) is 5.91 Å². The van der Waals surface area contributed by atoms with Crippen molar-refractivity contribution in [3.8, 4) is 0 Å². The highest BCUT2D eigenvalue weighted by Gasteiger charge is 2.23. The van der Waals surface area contributed by atoms with E-state index in [2.05, 4.69) is 20.8 Å². The Kier molecular flexibility index (Phi) is 5.12.